The molecule has 2 amide bonds. The van der Waals surface area contributed by atoms with Crippen LogP contribution >= 0.6 is 11.8 Å². The molecule has 2 N–H and O–H groups in total. The van der Waals surface area contributed by atoms with Gasteiger partial charge in [-0.3, -0.25) is 9.59 Å². The van der Waals surface area contributed by atoms with Crippen molar-refractivity contribution < 1.29 is 9.59 Å². The number of rotatable bonds is 3. The first kappa shape index (κ1) is 14.4. The van der Waals surface area contributed by atoms with Gasteiger partial charge in [0.05, 0.1) is 11.3 Å². The third kappa shape index (κ3) is 3.04. The number of carbonyl (C=O) groups excluding carboxylic acids is 2. The molecule has 1 aromatic heterocycles. The van der Waals surface area contributed by atoms with Crippen LogP contribution in [0.5, 0.6) is 0 Å². The fraction of sp³-hybridized carbons (Fsp3) is 0.692. The van der Waals surface area contributed by atoms with Crippen molar-refractivity contribution in [3.05, 3.63) is 12.2 Å². The summed E-state index contributed by atoms with van der Waals surface area (Å²) < 4.78 is 1.67. The van der Waals surface area contributed by atoms with Gasteiger partial charge in [0, 0.05) is 13.1 Å². The Balaban J connectivity index is 1.67. The van der Waals surface area contributed by atoms with Crippen molar-refractivity contribution in [3.8, 4) is 0 Å². The third-order valence-corrected chi connectivity index (χ3v) is 5.38. The molecule has 0 unspecified atom stereocenters. The Morgan fingerprint density at radius 3 is 2.86 bits per heavy atom. The molecule has 114 valence electrons. The van der Waals surface area contributed by atoms with Crippen molar-refractivity contribution in [2.75, 3.05) is 18.8 Å². The Kier molecular flexibility index (Phi) is 4.14. The van der Waals surface area contributed by atoms with Gasteiger partial charge in [0.15, 0.2) is 0 Å². The first-order valence-electron chi connectivity index (χ1n) is 7.26. The van der Waals surface area contributed by atoms with Gasteiger partial charge < -0.3 is 10.6 Å². The van der Waals surface area contributed by atoms with E-state index in [-0.39, 0.29) is 23.0 Å². The summed E-state index contributed by atoms with van der Waals surface area (Å²) in [5.74, 6) is 0.737. The minimum absolute atomic E-state index is 0.0322. The number of aromatic nitrogens is 3. The lowest BCUT2D eigenvalue weighted by Crippen LogP contribution is -2.44. The van der Waals surface area contributed by atoms with Crippen molar-refractivity contribution in [1.29, 1.82) is 0 Å². The normalized spacial score (nSPS) is 26.0. The van der Waals surface area contributed by atoms with Gasteiger partial charge in [-0.15, -0.1) is 16.9 Å². The topological polar surface area (TPSA) is 94.1 Å². The zero-order valence-corrected chi connectivity index (χ0v) is 12.6. The van der Waals surface area contributed by atoms with Gasteiger partial charge in [0.2, 0.25) is 11.7 Å². The molecule has 0 saturated carbocycles. The molecule has 7 nitrogen and oxygen atoms in total. The maximum atomic E-state index is 12.5. The Morgan fingerprint density at radius 2 is 2.19 bits per heavy atom. The molecule has 3 rings (SSSR count). The number of carbonyl (C=O) groups is 2. The number of hydrogen-bond acceptors (Lipinski definition) is 5. The summed E-state index contributed by atoms with van der Waals surface area (Å²) in [5.41, 5.74) is 5.17. The molecule has 1 aromatic rings. The van der Waals surface area contributed by atoms with Crippen LogP contribution in [0.15, 0.2) is 6.33 Å². The van der Waals surface area contributed by atoms with Gasteiger partial charge in [-0.25, -0.2) is 9.67 Å². The molecule has 2 fully saturated rings. The highest BCUT2D eigenvalue weighted by molar-refractivity contribution is 8.00. The second kappa shape index (κ2) is 6.05. The van der Waals surface area contributed by atoms with Crippen LogP contribution in [0.2, 0.25) is 0 Å². The number of likely N-dealkylation sites (tertiary alicyclic amines) is 1. The van der Waals surface area contributed by atoms with E-state index in [0.29, 0.717) is 6.54 Å². The molecular weight excluding hydrogens is 290 g/mol. The Bertz CT molecular complexity index is 540. The standard InChI is InChI=1S/C13H19N5O2S/c14-11(19)12-15-8-18(16-12)9-3-1-5-17(7-9)13(20)10-4-2-6-21-10/h8-10H,1-7H2,(H2,14,19)/t9-,10+/m0/s1. The van der Waals surface area contributed by atoms with E-state index in [2.05, 4.69) is 10.1 Å². The average molecular weight is 309 g/mol. The van der Waals surface area contributed by atoms with E-state index in [4.69, 9.17) is 5.73 Å². The molecule has 0 aliphatic carbocycles. The fourth-order valence-electron chi connectivity index (χ4n) is 2.91. The molecule has 2 aliphatic heterocycles. The SMILES string of the molecule is NC(=O)c1ncn([C@H]2CCCN(C(=O)[C@H]3CCCS3)C2)n1. The highest BCUT2D eigenvalue weighted by Crippen LogP contribution is 2.30. The zero-order chi connectivity index (χ0) is 14.8. The lowest BCUT2D eigenvalue weighted by molar-refractivity contribution is -0.132. The van der Waals surface area contributed by atoms with Gasteiger partial charge in [-0.2, -0.15) is 0 Å². The number of hydrogen-bond donors (Lipinski definition) is 1. The van der Waals surface area contributed by atoms with Gasteiger partial charge in [-0.1, -0.05) is 0 Å². The van der Waals surface area contributed by atoms with Crippen molar-refractivity contribution in [1.82, 2.24) is 19.7 Å². The van der Waals surface area contributed by atoms with Crippen LogP contribution in [0.3, 0.4) is 0 Å². The molecule has 2 atom stereocenters. The summed E-state index contributed by atoms with van der Waals surface area (Å²) in [6.45, 7) is 1.45. The number of thioether (sulfide) groups is 1. The van der Waals surface area contributed by atoms with Gasteiger partial charge in [0.25, 0.3) is 5.91 Å². The number of piperidine rings is 1. The lowest BCUT2D eigenvalue weighted by Gasteiger charge is -2.34. The fourth-order valence-corrected chi connectivity index (χ4v) is 4.15. The Labute approximate surface area is 127 Å². The molecule has 0 radical (unpaired) electrons. The number of nitrogens with two attached hydrogens (primary N) is 1. The summed E-state index contributed by atoms with van der Waals surface area (Å²) in [6, 6.07) is 0.0784. The average Bonchev–Trinajstić information content (AvgIpc) is 3.18. The molecule has 0 aromatic carbocycles. The minimum atomic E-state index is -0.625. The van der Waals surface area contributed by atoms with Crippen LogP contribution in [0.4, 0.5) is 0 Å². The molecule has 0 bridgehead atoms. The predicted molar refractivity (Wildman–Crippen MR) is 78.9 cm³/mol. The number of amides is 2. The van der Waals surface area contributed by atoms with E-state index in [9.17, 15) is 9.59 Å². The van der Waals surface area contributed by atoms with E-state index in [1.54, 1.807) is 16.4 Å². The number of nitrogens with zero attached hydrogens (tertiary/aromatic N) is 4. The smallest absolute Gasteiger partial charge is 0.288 e. The van der Waals surface area contributed by atoms with Crippen LogP contribution in [0.1, 0.15) is 42.3 Å². The summed E-state index contributed by atoms with van der Waals surface area (Å²) >= 11 is 1.76. The number of primary amides is 1. The second-order valence-corrected chi connectivity index (χ2v) is 6.81. The molecule has 3 heterocycles. The molecule has 0 spiro atoms. The molecular formula is C13H19N5O2S. The van der Waals surface area contributed by atoms with Gasteiger partial charge in [0.1, 0.15) is 6.33 Å². The van der Waals surface area contributed by atoms with Crippen LogP contribution in [-0.2, 0) is 4.79 Å². The van der Waals surface area contributed by atoms with E-state index in [1.165, 1.54) is 6.33 Å². The van der Waals surface area contributed by atoms with E-state index in [1.807, 2.05) is 4.90 Å². The largest absolute Gasteiger partial charge is 0.363 e. The zero-order valence-electron chi connectivity index (χ0n) is 11.8. The van der Waals surface area contributed by atoms with Gasteiger partial charge >= 0.3 is 0 Å². The molecule has 2 aliphatic rings. The van der Waals surface area contributed by atoms with Crippen molar-refractivity contribution in [2.24, 2.45) is 5.73 Å². The first-order valence-corrected chi connectivity index (χ1v) is 8.31. The van der Waals surface area contributed by atoms with Crippen LogP contribution in [-0.4, -0.2) is 55.6 Å². The summed E-state index contributed by atoms with van der Waals surface area (Å²) in [4.78, 5) is 29.4. The predicted octanol–water partition coefficient (Wildman–Crippen LogP) is 0.436. The van der Waals surface area contributed by atoms with Crippen molar-refractivity contribution in [3.63, 3.8) is 0 Å². The van der Waals surface area contributed by atoms with Crippen LogP contribution in [0, 0.1) is 0 Å². The Morgan fingerprint density at radius 1 is 1.33 bits per heavy atom. The lowest BCUT2D eigenvalue weighted by atomic mass is 10.1. The summed E-state index contributed by atoms with van der Waals surface area (Å²) in [7, 11) is 0. The van der Waals surface area contributed by atoms with Crippen molar-refractivity contribution >= 4 is 23.6 Å². The van der Waals surface area contributed by atoms with E-state index >= 15 is 0 Å². The second-order valence-electron chi connectivity index (χ2n) is 5.49. The van der Waals surface area contributed by atoms with Crippen LogP contribution in [0.25, 0.3) is 0 Å². The maximum absolute atomic E-state index is 12.5. The van der Waals surface area contributed by atoms with Gasteiger partial charge in [-0.05, 0) is 31.4 Å². The van der Waals surface area contributed by atoms with E-state index in [0.717, 1.165) is 38.0 Å². The van der Waals surface area contributed by atoms with E-state index < -0.39 is 5.91 Å². The minimum Gasteiger partial charge on any atom is -0.363 e. The summed E-state index contributed by atoms with van der Waals surface area (Å²) in [5, 5.41) is 4.24. The first-order chi connectivity index (χ1) is 10.1. The highest BCUT2D eigenvalue weighted by atomic mass is 32.2. The highest BCUT2D eigenvalue weighted by Gasteiger charge is 2.32. The molecule has 21 heavy (non-hydrogen) atoms. The quantitative estimate of drug-likeness (QED) is 0.874. The third-order valence-electron chi connectivity index (χ3n) is 4.02. The molecule has 8 heteroatoms. The monoisotopic (exact) mass is 309 g/mol. The molecule has 2 saturated heterocycles. The maximum Gasteiger partial charge on any atom is 0.288 e. The summed E-state index contributed by atoms with van der Waals surface area (Å²) in [6.07, 6.45) is 5.52. The van der Waals surface area contributed by atoms with Crippen molar-refractivity contribution in [2.45, 2.75) is 37.0 Å². The Hall–Kier alpha value is -1.57. The van der Waals surface area contributed by atoms with Crippen LogP contribution < -0.4 is 5.73 Å².